The fourth-order valence-corrected chi connectivity index (χ4v) is 3.97. The first-order valence-electron chi connectivity index (χ1n) is 6.41. The molecule has 4 nitrogen and oxygen atoms in total. The van der Waals surface area contributed by atoms with Crippen LogP contribution in [0.15, 0.2) is 43.0 Å². The molecule has 1 aromatic carbocycles. The van der Waals surface area contributed by atoms with Crippen LogP contribution in [0.3, 0.4) is 0 Å². The number of aromatic nitrogens is 3. The van der Waals surface area contributed by atoms with Gasteiger partial charge in [-0.05, 0) is 20.8 Å². The number of ether oxygens (including phenoxy) is 1. The van der Waals surface area contributed by atoms with Gasteiger partial charge in [0.25, 0.3) is 0 Å². The summed E-state index contributed by atoms with van der Waals surface area (Å²) in [5.74, 6) is 0. The summed E-state index contributed by atoms with van der Waals surface area (Å²) >= 11 is 0. The summed E-state index contributed by atoms with van der Waals surface area (Å²) in [5.41, 5.74) is -0.104. The highest BCUT2D eigenvalue weighted by atomic mass is 28.3. The summed E-state index contributed by atoms with van der Waals surface area (Å²) < 4.78 is 7.87. The Morgan fingerprint density at radius 1 is 1.21 bits per heavy atom. The molecule has 0 atom stereocenters. The van der Waals surface area contributed by atoms with Crippen LogP contribution in [0, 0.1) is 0 Å². The lowest BCUT2D eigenvalue weighted by atomic mass is 10.2. The third-order valence-electron chi connectivity index (χ3n) is 2.68. The van der Waals surface area contributed by atoms with E-state index in [1.54, 1.807) is 12.7 Å². The lowest BCUT2D eigenvalue weighted by molar-refractivity contribution is 0.0235. The molecule has 0 saturated heterocycles. The molecule has 0 aliphatic heterocycles. The minimum Gasteiger partial charge on any atom is -0.379 e. The molecular formula is C14H20N3OSi. The highest BCUT2D eigenvalue weighted by molar-refractivity contribution is 6.72. The zero-order chi connectivity index (χ0) is 13.7. The molecule has 19 heavy (non-hydrogen) atoms. The topological polar surface area (TPSA) is 39.9 Å². The van der Waals surface area contributed by atoms with E-state index >= 15 is 0 Å². The second-order valence-corrected chi connectivity index (χ2v) is 7.85. The summed E-state index contributed by atoms with van der Waals surface area (Å²) in [6.07, 6.45) is 5.00. The van der Waals surface area contributed by atoms with Gasteiger partial charge < -0.3 is 4.74 Å². The molecule has 0 N–H and O–H groups in total. The Balaban J connectivity index is 2.09. The highest BCUT2D eigenvalue weighted by Gasteiger charge is 2.19. The summed E-state index contributed by atoms with van der Waals surface area (Å²) in [4.78, 5) is 4.01. The zero-order valence-electron chi connectivity index (χ0n) is 11.7. The van der Waals surface area contributed by atoms with Crippen molar-refractivity contribution in [3.8, 4) is 0 Å². The van der Waals surface area contributed by atoms with Gasteiger partial charge in [-0.25, -0.2) is 4.98 Å². The van der Waals surface area contributed by atoms with E-state index in [2.05, 4.69) is 55.1 Å². The van der Waals surface area contributed by atoms with E-state index in [0.29, 0.717) is 0 Å². The van der Waals surface area contributed by atoms with Gasteiger partial charge in [-0.2, -0.15) is 5.10 Å². The molecule has 5 heteroatoms. The van der Waals surface area contributed by atoms with E-state index in [9.17, 15) is 0 Å². The van der Waals surface area contributed by atoms with Gasteiger partial charge in [0.05, 0.1) is 5.60 Å². The second kappa shape index (κ2) is 6.12. The van der Waals surface area contributed by atoms with Crippen molar-refractivity contribution in [2.75, 3.05) is 6.23 Å². The minimum atomic E-state index is -0.839. The maximum atomic E-state index is 5.98. The molecule has 0 spiro atoms. The van der Waals surface area contributed by atoms with Crippen molar-refractivity contribution >= 4 is 14.0 Å². The van der Waals surface area contributed by atoms with E-state index in [-0.39, 0.29) is 5.60 Å². The first kappa shape index (κ1) is 14.0. The molecule has 0 fully saturated rings. The van der Waals surface area contributed by atoms with Crippen LogP contribution in [0.4, 0.5) is 0 Å². The molecule has 0 aliphatic rings. The van der Waals surface area contributed by atoms with Gasteiger partial charge >= 0.3 is 0 Å². The highest BCUT2D eigenvalue weighted by Crippen LogP contribution is 2.07. The van der Waals surface area contributed by atoms with Crippen LogP contribution >= 0.6 is 0 Å². The quantitative estimate of drug-likeness (QED) is 0.777. The Kier molecular flexibility index (Phi) is 4.50. The first-order valence-corrected chi connectivity index (χ1v) is 8.32. The molecule has 0 saturated carbocycles. The second-order valence-electron chi connectivity index (χ2n) is 5.46. The molecule has 0 bridgehead atoms. The molecule has 0 amide bonds. The van der Waals surface area contributed by atoms with Crippen molar-refractivity contribution in [1.29, 1.82) is 0 Å². The molecule has 1 radical (unpaired) electrons. The monoisotopic (exact) mass is 274 g/mol. The van der Waals surface area contributed by atoms with E-state index in [0.717, 1.165) is 12.4 Å². The Labute approximate surface area is 116 Å². The van der Waals surface area contributed by atoms with Gasteiger partial charge in [0, 0.05) is 12.4 Å². The maximum Gasteiger partial charge on any atom is 0.141 e. The lowest BCUT2D eigenvalue weighted by Gasteiger charge is -2.23. The van der Waals surface area contributed by atoms with Crippen LogP contribution in [0.5, 0.6) is 0 Å². The average molecular weight is 274 g/mol. The third-order valence-corrected chi connectivity index (χ3v) is 5.03. The van der Waals surface area contributed by atoms with Crippen LogP contribution in [-0.4, -0.2) is 35.4 Å². The first-order chi connectivity index (χ1) is 9.04. The van der Waals surface area contributed by atoms with Gasteiger partial charge in [-0.1, -0.05) is 35.5 Å². The molecule has 2 aromatic rings. The van der Waals surface area contributed by atoms with Gasteiger partial charge in [0.1, 0.15) is 21.5 Å². The van der Waals surface area contributed by atoms with E-state index in [4.69, 9.17) is 4.74 Å². The molecular weight excluding hydrogens is 254 g/mol. The van der Waals surface area contributed by atoms with E-state index in [1.807, 2.05) is 10.7 Å². The SMILES string of the molecule is CC(C)(C)OC[Si](Cn1cncn1)c1ccccc1. The van der Waals surface area contributed by atoms with Crippen LogP contribution in [-0.2, 0) is 10.9 Å². The standard InChI is InChI=1S/C14H20N3OSi/c1-14(2,3)18-12-19(11-17-10-15-9-16-17)13-7-5-4-6-8-13/h4-10H,11-12H2,1-3H3. The van der Waals surface area contributed by atoms with Crippen molar-refractivity contribution in [2.45, 2.75) is 32.5 Å². The Hall–Kier alpha value is -1.46. The van der Waals surface area contributed by atoms with Crippen molar-refractivity contribution in [3.63, 3.8) is 0 Å². The number of benzene rings is 1. The van der Waals surface area contributed by atoms with Crippen LogP contribution in [0.25, 0.3) is 0 Å². The van der Waals surface area contributed by atoms with Crippen molar-refractivity contribution in [1.82, 2.24) is 14.8 Å². The number of nitrogens with zero attached hydrogens (tertiary/aromatic N) is 3. The predicted octanol–water partition coefficient (Wildman–Crippen LogP) is 1.57. The summed E-state index contributed by atoms with van der Waals surface area (Å²) in [7, 11) is -0.839. The minimum absolute atomic E-state index is 0.104. The lowest BCUT2D eigenvalue weighted by Crippen LogP contribution is -2.42. The van der Waals surface area contributed by atoms with Crippen LogP contribution in [0.2, 0.25) is 0 Å². The smallest absolute Gasteiger partial charge is 0.141 e. The number of hydrogen-bond donors (Lipinski definition) is 0. The summed E-state index contributed by atoms with van der Waals surface area (Å²) in [6, 6.07) is 10.6. The fraction of sp³-hybridized carbons (Fsp3) is 0.429. The van der Waals surface area contributed by atoms with Gasteiger partial charge in [-0.3, -0.25) is 4.68 Å². The number of rotatable bonds is 5. The van der Waals surface area contributed by atoms with Crippen molar-refractivity contribution in [2.24, 2.45) is 0 Å². The third kappa shape index (κ3) is 4.61. The van der Waals surface area contributed by atoms with Crippen LogP contribution < -0.4 is 5.19 Å². The predicted molar refractivity (Wildman–Crippen MR) is 77.6 cm³/mol. The molecule has 2 rings (SSSR count). The zero-order valence-corrected chi connectivity index (χ0v) is 12.7. The normalized spacial score (nSPS) is 12.0. The van der Waals surface area contributed by atoms with Crippen LogP contribution in [0.1, 0.15) is 20.8 Å². The Bertz CT molecular complexity index is 479. The van der Waals surface area contributed by atoms with Gasteiger partial charge in [0.15, 0.2) is 0 Å². The van der Waals surface area contributed by atoms with E-state index < -0.39 is 8.80 Å². The van der Waals surface area contributed by atoms with Crippen molar-refractivity contribution in [3.05, 3.63) is 43.0 Å². The number of hydrogen-bond acceptors (Lipinski definition) is 3. The Morgan fingerprint density at radius 2 is 1.95 bits per heavy atom. The molecule has 1 aromatic heterocycles. The molecule has 0 unspecified atom stereocenters. The average Bonchev–Trinajstić information content (AvgIpc) is 2.87. The summed E-state index contributed by atoms with van der Waals surface area (Å²) in [6.45, 7) is 6.27. The van der Waals surface area contributed by atoms with E-state index in [1.165, 1.54) is 5.19 Å². The van der Waals surface area contributed by atoms with Gasteiger partial charge in [-0.15, -0.1) is 0 Å². The van der Waals surface area contributed by atoms with Crippen molar-refractivity contribution < 1.29 is 4.74 Å². The molecule has 0 aliphatic carbocycles. The molecule has 1 heterocycles. The maximum absolute atomic E-state index is 5.98. The largest absolute Gasteiger partial charge is 0.379 e. The Morgan fingerprint density at radius 3 is 2.53 bits per heavy atom. The van der Waals surface area contributed by atoms with Gasteiger partial charge in [0.2, 0.25) is 0 Å². The fourth-order valence-electron chi connectivity index (χ4n) is 1.71. The summed E-state index contributed by atoms with van der Waals surface area (Å²) in [5, 5.41) is 5.57. The molecule has 101 valence electrons.